The van der Waals surface area contributed by atoms with Gasteiger partial charge in [-0.2, -0.15) is 5.26 Å². The van der Waals surface area contributed by atoms with Crippen LogP contribution in [0.3, 0.4) is 0 Å². The highest BCUT2D eigenvalue weighted by atomic mass is 16.6. The third-order valence-electron chi connectivity index (χ3n) is 2.17. The molecule has 1 aromatic rings. The van der Waals surface area contributed by atoms with Gasteiger partial charge in [-0.1, -0.05) is 11.6 Å². The molecule has 0 aliphatic heterocycles. The second-order valence-electron chi connectivity index (χ2n) is 3.40. The summed E-state index contributed by atoms with van der Waals surface area (Å²) in [6.45, 7) is 1.90. The zero-order chi connectivity index (χ0) is 11.3. The maximum Gasteiger partial charge on any atom is 0.272 e. The molecule has 1 aromatic carbocycles. The number of nitro benzene ring substituents is 1. The van der Waals surface area contributed by atoms with Crippen molar-refractivity contribution in [1.82, 2.24) is 0 Å². The van der Waals surface area contributed by atoms with Crippen LogP contribution in [-0.4, -0.2) is 4.92 Å². The predicted molar refractivity (Wildman–Crippen MR) is 56.4 cm³/mol. The summed E-state index contributed by atoms with van der Waals surface area (Å²) in [5.74, 6) is 0. The first-order valence-electron chi connectivity index (χ1n) is 4.76. The van der Waals surface area contributed by atoms with E-state index in [2.05, 4.69) is 0 Å². The molecule has 4 heteroatoms. The molecule has 0 heterocycles. The number of benzene rings is 1. The molecule has 0 N–H and O–H groups in total. The van der Waals surface area contributed by atoms with E-state index in [0.717, 1.165) is 11.1 Å². The SMILES string of the molecule is Cc1ccc([N+](=O)[O-])c(CCCC#N)c1. The van der Waals surface area contributed by atoms with E-state index in [1.165, 1.54) is 6.07 Å². The molecule has 0 fully saturated rings. The zero-order valence-corrected chi connectivity index (χ0v) is 8.56. The molecule has 0 unspecified atom stereocenters. The van der Waals surface area contributed by atoms with Crippen LogP contribution < -0.4 is 0 Å². The van der Waals surface area contributed by atoms with Crippen LogP contribution in [0.1, 0.15) is 24.0 Å². The Hall–Kier alpha value is -1.89. The van der Waals surface area contributed by atoms with Gasteiger partial charge in [0.25, 0.3) is 5.69 Å². The summed E-state index contributed by atoms with van der Waals surface area (Å²) < 4.78 is 0. The van der Waals surface area contributed by atoms with E-state index >= 15 is 0 Å². The average Bonchev–Trinajstić information content (AvgIpc) is 2.18. The van der Waals surface area contributed by atoms with E-state index in [-0.39, 0.29) is 10.6 Å². The molecule has 0 saturated carbocycles. The average molecular weight is 204 g/mol. The molecule has 0 saturated heterocycles. The number of hydrogen-bond donors (Lipinski definition) is 0. The lowest BCUT2D eigenvalue weighted by atomic mass is 10.0. The number of aryl methyl sites for hydroxylation is 2. The first-order chi connectivity index (χ1) is 7.15. The molecule has 15 heavy (non-hydrogen) atoms. The van der Waals surface area contributed by atoms with Gasteiger partial charge >= 0.3 is 0 Å². The minimum atomic E-state index is -0.374. The van der Waals surface area contributed by atoms with Gasteiger partial charge in [0.2, 0.25) is 0 Å². The molecule has 0 aromatic heterocycles. The van der Waals surface area contributed by atoms with E-state index in [0.29, 0.717) is 19.3 Å². The van der Waals surface area contributed by atoms with E-state index in [1.807, 2.05) is 19.1 Å². The lowest BCUT2D eigenvalue weighted by molar-refractivity contribution is -0.385. The van der Waals surface area contributed by atoms with Gasteiger partial charge in [0.15, 0.2) is 0 Å². The summed E-state index contributed by atoms with van der Waals surface area (Å²) in [7, 11) is 0. The Labute approximate surface area is 88.3 Å². The molecule has 0 aliphatic rings. The molecule has 0 radical (unpaired) electrons. The van der Waals surface area contributed by atoms with Crippen LogP contribution in [0.15, 0.2) is 18.2 Å². The second kappa shape index (κ2) is 5.11. The van der Waals surface area contributed by atoms with Gasteiger partial charge < -0.3 is 0 Å². The summed E-state index contributed by atoms with van der Waals surface area (Å²) in [6, 6.07) is 7.10. The molecule has 0 aliphatic carbocycles. The fourth-order valence-electron chi connectivity index (χ4n) is 1.45. The van der Waals surface area contributed by atoms with E-state index in [9.17, 15) is 10.1 Å². The second-order valence-corrected chi connectivity index (χ2v) is 3.40. The summed E-state index contributed by atoms with van der Waals surface area (Å²) in [5, 5.41) is 19.1. The van der Waals surface area contributed by atoms with E-state index in [1.54, 1.807) is 6.07 Å². The van der Waals surface area contributed by atoms with Gasteiger partial charge in [0, 0.05) is 18.1 Å². The Morgan fingerprint density at radius 2 is 2.27 bits per heavy atom. The van der Waals surface area contributed by atoms with Gasteiger partial charge in [-0.15, -0.1) is 0 Å². The summed E-state index contributed by atoms with van der Waals surface area (Å²) >= 11 is 0. The third kappa shape index (κ3) is 3.06. The molecular weight excluding hydrogens is 192 g/mol. The highest BCUT2D eigenvalue weighted by Gasteiger charge is 2.12. The van der Waals surface area contributed by atoms with Crippen molar-refractivity contribution >= 4 is 5.69 Å². The monoisotopic (exact) mass is 204 g/mol. The Balaban J connectivity index is 2.88. The van der Waals surface area contributed by atoms with Crippen molar-refractivity contribution < 1.29 is 4.92 Å². The van der Waals surface area contributed by atoms with Crippen LogP contribution in [0.4, 0.5) is 5.69 Å². The Morgan fingerprint density at radius 3 is 2.87 bits per heavy atom. The van der Waals surface area contributed by atoms with Crippen molar-refractivity contribution in [3.05, 3.63) is 39.4 Å². The highest BCUT2D eigenvalue weighted by Crippen LogP contribution is 2.21. The Kier molecular flexibility index (Phi) is 3.81. The Bertz CT molecular complexity index is 408. The molecule has 0 amide bonds. The number of nitro groups is 1. The van der Waals surface area contributed by atoms with Crippen LogP contribution in [0, 0.1) is 28.4 Å². The molecule has 78 valence electrons. The number of rotatable bonds is 4. The third-order valence-corrected chi connectivity index (χ3v) is 2.17. The topological polar surface area (TPSA) is 66.9 Å². The quantitative estimate of drug-likeness (QED) is 0.430. The summed E-state index contributed by atoms with van der Waals surface area (Å²) in [4.78, 5) is 10.3. The molecule has 4 nitrogen and oxygen atoms in total. The highest BCUT2D eigenvalue weighted by molar-refractivity contribution is 5.42. The van der Waals surface area contributed by atoms with E-state index < -0.39 is 0 Å². The van der Waals surface area contributed by atoms with Gasteiger partial charge in [0.05, 0.1) is 11.0 Å². The molecule has 1 rings (SSSR count). The molecular formula is C11H12N2O2. The van der Waals surface area contributed by atoms with Gasteiger partial charge in [-0.05, 0) is 25.8 Å². The summed E-state index contributed by atoms with van der Waals surface area (Å²) in [5.41, 5.74) is 1.88. The maximum atomic E-state index is 10.7. The minimum Gasteiger partial charge on any atom is -0.258 e. The molecule has 0 atom stereocenters. The zero-order valence-electron chi connectivity index (χ0n) is 8.56. The number of unbranched alkanes of at least 4 members (excludes halogenated alkanes) is 1. The van der Waals surface area contributed by atoms with E-state index in [4.69, 9.17) is 5.26 Å². The Morgan fingerprint density at radius 1 is 1.53 bits per heavy atom. The van der Waals surface area contributed by atoms with Crippen molar-refractivity contribution in [2.45, 2.75) is 26.2 Å². The summed E-state index contributed by atoms with van der Waals surface area (Å²) in [6.07, 6.45) is 1.69. The van der Waals surface area contributed by atoms with Crippen molar-refractivity contribution in [3.8, 4) is 6.07 Å². The van der Waals surface area contributed by atoms with Gasteiger partial charge in [-0.25, -0.2) is 0 Å². The molecule has 0 bridgehead atoms. The smallest absolute Gasteiger partial charge is 0.258 e. The first-order valence-corrected chi connectivity index (χ1v) is 4.76. The maximum absolute atomic E-state index is 10.7. The van der Waals surface area contributed by atoms with Crippen LogP contribution in [0.5, 0.6) is 0 Å². The first kappa shape index (κ1) is 11.2. The van der Waals surface area contributed by atoms with Crippen molar-refractivity contribution in [1.29, 1.82) is 5.26 Å². The largest absolute Gasteiger partial charge is 0.272 e. The number of hydrogen-bond acceptors (Lipinski definition) is 3. The van der Waals surface area contributed by atoms with Crippen molar-refractivity contribution in [3.63, 3.8) is 0 Å². The van der Waals surface area contributed by atoms with Gasteiger partial charge in [-0.3, -0.25) is 10.1 Å². The standard InChI is InChI=1S/C11H12N2O2/c1-9-5-6-11(13(14)15)10(8-9)4-2-3-7-12/h5-6,8H,2-4H2,1H3. The fraction of sp³-hybridized carbons (Fsp3) is 0.364. The van der Waals surface area contributed by atoms with Gasteiger partial charge in [0.1, 0.15) is 0 Å². The van der Waals surface area contributed by atoms with Crippen LogP contribution >= 0.6 is 0 Å². The van der Waals surface area contributed by atoms with Crippen molar-refractivity contribution in [2.75, 3.05) is 0 Å². The minimum absolute atomic E-state index is 0.151. The number of nitriles is 1. The fourth-order valence-corrected chi connectivity index (χ4v) is 1.45. The lowest BCUT2D eigenvalue weighted by Crippen LogP contribution is -1.96. The lowest BCUT2D eigenvalue weighted by Gasteiger charge is -2.02. The predicted octanol–water partition coefficient (Wildman–Crippen LogP) is 2.75. The van der Waals surface area contributed by atoms with Crippen LogP contribution in [0.2, 0.25) is 0 Å². The van der Waals surface area contributed by atoms with Crippen molar-refractivity contribution in [2.24, 2.45) is 0 Å². The molecule has 0 spiro atoms. The normalized spacial score (nSPS) is 9.60. The van der Waals surface area contributed by atoms with Crippen LogP contribution in [0.25, 0.3) is 0 Å². The number of nitrogens with zero attached hydrogens (tertiary/aromatic N) is 2. The van der Waals surface area contributed by atoms with Crippen LogP contribution in [-0.2, 0) is 6.42 Å².